The first kappa shape index (κ1) is 13.1. The van der Waals surface area contributed by atoms with Gasteiger partial charge in [-0.15, -0.1) is 0 Å². The zero-order valence-electron chi connectivity index (χ0n) is 9.50. The number of esters is 1. The van der Waals surface area contributed by atoms with Gasteiger partial charge in [0.2, 0.25) is 0 Å². The molecular formula is C11H20O3. The lowest BCUT2D eigenvalue weighted by Crippen LogP contribution is -2.26. The molecule has 3 heteroatoms. The van der Waals surface area contributed by atoms with Crippen molar-refractivity contribution in [1.29, 1.82) is 0 Å². The lowest BCUT2D eigenvalue weighted by molar-refractivity contribution is -0.155. The molecule has 0 saturated heterocycles. The van der Waals surface area contributed by atoms with Gasteiger partial charge in [0.1, 0.15) is 11.7 Å². The number of ether oxygens (including phenoxy) is 1. The molecule has 0 rings (SSSR count). The summed E-state index contributed by atoms with van der Waals surface area (Å²) in [7, 11) is 0. The van der Waals surface area contributed by atoms with E-state index in [0.29, 0.717) is 6.42 Å². The average Bonchev–Trinajstić information content (AvgIpc) is 2.02. The Morgan fingerprint density at radius 3 is 2.21 bits per heavy atom. The molecule has 1 atom stereocenters. The molecule has 82 valence electrons. The number of Topliss-reactive ketones (excluding diaryl/α,β-unsaturated/α-hetero) is 1. The monoisotopic (exact) mass is 200 g/mol. The number of carbonyl (C=O) groups is 2. The highest BCUT2D eigenvalue weighted by Gasteiger charge is 2.24. The number of carbonyl (C=O) groups excluding carboxylic acids is 2. The average molecular weight is 200 g/mol. The molecule has 0 bridgehead atoms. The molecule has 0 spiro atoms. The lowest BCUT2D eigenvalue weighted by atomic mass is 9.98. The molecule has 14 heavy (non-hydrogen) atoms. The van der Waals surface area contributed by atoms with E-state index in [1.165, 1.54) is 6.92 Å². The second kappa shape index (κ2) is 6.57. The van der Waals surface area contributed by atoms with Gasteiger partial charge in [-0.3, -0.25) is 9.59 Å². The Kier molecular flexibility index (Phi) is 6.17. The summed E-state index contributed by atoms with van der Waals surface area (Å²) in [6.07, 6.45) is 2.33. The molecule has 3 nitrogen and oxygen atoms in total. The molecule has 0 aromatic heterocycles. The minimum atomic E-state index is -0.558. The molecule has 0 aliphatic carbocycles. The van der Waals surface area contributed by atoms with Gasteiger partial charge in [-0.25, -0.2) is 0 Å². The Bertz CT molecular complexity index is 197. The minimum absolute atomic E-state index is 0.0934. The standard InChI is InChI=1S/C11H20O3/c1-5-6-7-10(9(4)12)11(13)14-8(2)3/h8,10H,5-7H2,1-4H3. The van der Waals surface area contributed by atoms with E-state index >= 15 is 0 Å². The van der Waals surface area contributed by atoms with Crippen LogP contribution in [0.3, 0.4) is 0 Å². The quantitative estimate of drug-likeness (QED) is 0.488. The van der Waals surface area contributed by atoms with Crippen LogP contribution in [0.25, 0.3) is 0 Å². The van der Waals surface area contributed by atoms with Crippen LogP contribution < -0.4 is 0 Å². The van der Waals surface area contributed by atoms with E-state index in [4.69, 9.17) is 4.74 Å². The van der Waals surface area contributed by atoms with Crippen molar-refractivity contribution >= 4 is 11.8 Å². The van der Waals surface area contributed by atoms with Crippen LogP contribution in [0.1, 0.15) is 47.0 Å². The maximum atomic E-state index is 11.5. The highest BCUT2D eigenvalue weighted by molar-refractivity contribution is 5.97. The third kappa shape index (κ3) is 5.00. The maximum absolute atomic E-state index is 11.5. The van der Waals surface area contributed by atoms with Crippen LogP contribution >= 0.6 is 0 Å². The van der Waals surface area contributed by atoms with Gasteiger partial charge < -0.3 is 4.74 Å². The summed E-state index contributed by atoms with van der Waals surface area (Å²) < 4.78 is 5.01. The fourth-order valence-electron chi connectivity index (χ4n) is 1.21. The molecule has 0 fully saturated rings. The summed E-state index contributed by atoms with van der Waals surface area (Å²) in [6, 6.07) is 0. The Balaban J connectivity index is 4.19. The smallest absolute Gasteiger partial charge is 0.316 e. The van der Waals surface area contributed by atoms with E-state index in [2.05, 4.69) is 0 Å². The van der Waals surface area contributed by atoms with Crippen LogP contribution in [-0.4, -0.2) is 17.9 Å². The van der Waals surface area contributed by atoms with Crippen molar-refractivity contribution in [3.8, 4) is 0 Å². The van der Waals surface area contributed by atoms with E-state index in [0.717, 1.165) is 12.8 Å². The Morgan fingerprint density at radius 1 is 1.29 bits per heavy atom. The van der Waals surface area contributed by atoms with E-state index in [-0.39, 0.29) is 17.9 Å². The first-order valence-electron chi connectivity index (χ1n) is 5.20. The predicted molar refractivity (Wildman–Crippen MR) is 54.9 cm³/mol. The van der Waals surface area contributed by atoms with Crippen LogP contribution in [0, 0.1) is 5.92 Å². The normalized spacial score (nSPS) is 12.6. The molecule has 0 aliphatic heterocycles. The van der Waals surface area contributed by atoms with Crippen molar-refractivity contribution < 1.29 is 14.3 Å². The summed E-state index contributed by atoms with van der Waals surface area (Å²) in [4.78, 5) is 22.6. The van der Waals surface area contributed by atoms with Gasteiger partial charge in [0.15, 0.2) is 0 Å². The first-order chi connectivity index (χ1) is 6.49. The second-order valence-corrected chi connectivity index (χ2v) is 3.79. The molecule has 0 aromatic rings. The van der Waals surface area contributed by atoms with E-state index < -0.39 is 5.92 Å². The highest BCUT2D eigenvalue weighted by Crippen LogP contribution is 2.12. The molecule has 0 aromatic carbocycles. The van der Waals surface area contributed by atoms with Gasteiger partial charge in [0, 0.05) is 0 Å². The maximum Gasteiger partial charge on any atom is 0.316 e. The fraction of sp³-hybridized carbons (Fsp3) is 0.818. The van der Waals surface area contributed by atoms with Gasteiger partial charge in [-0.05, 0) is 27.2 Å². The Labute approximate surface area is 85.8 Å². The molecule has 0 aliphatic rings. The third-order valence-corrected chi connectivity index (χ3v) is 1.97. The SMILES string of the molecule is CCCCC(C(C)=O)C(=O)OC(C)C. The summed E-state index contributed by atoms with van der Waals surface area (Å²) in [6.45, 7) is 7.05. The summed E-state index contributed by atoms with van der Waals surface area (Å²) in [5.74, 6) is -1.03. The number of rotatable bonds is 6. The van der Waals surface area contributed by atoms with Crippen molar-refractivity contribution in [1.82, 2.24) is 0 Å². The highest BCUT2D eigenvalue weighted by atomic mass is 16.5. The Hall–Kier alpha value is -0.860. The molecule has 0 N–H and O–H groups in total. The zero-order chi connectivity index (χ0) is 11.1. The first-order valence-corrected chi connectivity index (χ1v) is 5.20. The van der Waals surface area contributed by atoms with Crippen molar-refractivity contribution in [2.24, 2.45) is 5.92 Å². The van der Waals surface area contributed by atoms with Gasteiger partial charge >= 0.3 is 5.97 Å². The minimum Gasteiger partial charge on any atom is -0.462 e. The molecule has 0 amide bonds. The van der Waals surface area contributed by atoms with Crippen molar-refractivity contribution in [3.63, 3.8) is 0 Å². The largest absolute Gasteiger partial charge is 0.462 e. The Morgan fingerprint density at radius 2 is 1.86 bits per heavy atom. The predicted octanol–water partition coefficient (Wildman–Crippen LogP) is 2.33. The van der Waals surface area contributed by atoms with E-state index in [1.54, 1.807) is 13.8 Å². The van der Waals surface area contributed by atoms with Crippen LogP contribution in [0.2, 0.25) is 0 Å². The van der Waals surface area contributed by atoms with Gasteiger partial charge in [0.25, 0.3) is 0 Å². The van der Waals surface area contributed by atoms with Crippen LogP contribution in [0.5, 0.6) is 0 Å². The number of unbranched alkanes of at least 4 members (excludes halogenated alkanes) is 1. The third-order valence-electron chi connectivity index (χ3n) is 1.97. The van der Waals surface area contributed by atoms with Crippen LogP contribution in [0.4, 0.5) is 0 Å². The van der Waals surface area contributed by atoms with Crippen LogP contribution in [-0.2, 0) is 14.3 Å². The van der Waals surface area contributed by atoms with Crippen molar-refractivity contribution in [3.05, 3.63) is 0 Å². The summed E-state index contributed by atoms with van der Waals surface area (Å²) >= 11 is 0. The van der Waals surface area contributed by atoms with E-state index in [9.17, 15) is 9.59 Å². The van der Waals surface area contributed by atoms with Gasteiger partial charge in [0.05, 0.1) is 6.10 Å². The van der Waals surface area contributed by atoms with Crippen LogP contribution in [0.15, 0.2) is 0 Å². The molecule has 0 heterocycles. The molecule has 1 unspecified atom stereocenters. The summed E-state index contributed by atoms with van der Waals surface area (Å²) in [5.41, 5.74) is 0. The summed E-state index contributed by atoms with van der Waals surface area (Å²) in [5, 5.41) is 0. The molecule has 0 radical (unpaired) electrons. The van der Waals surface area contributed by atoms with Crippen molar-refractivity contribution in [2.75, 3.05) is 0 Å². The topological polar surface area (TPSA) is 43.4 Å². The fourth-order valence-corrected chi connectivity index (χ4v) is 1.21. The van der Waals surface area contributed by atoms with E-state index in [1.807, 2.05) is 6.92 Å². The number of hydrogen-bond donors (Lipinski definition) is 0. The molecule has 0 saturated carbocycles. The van der Waals surface area contributed by atoms with Gasteiger partial charge in [-0.2, -0.15) is 0 Å². The number of hydrogen-bond acceptors (Lipinski definition) is 3. The molecular weight excluding hydrogens is 180 g/mol. The number of ketones is 1. The second-order valence-electron chi connectivity index (χ2n) is 3.79. The van der Waals surface area contributed by atoms with Crippen molar-refractivity contribution in [2.45, 2.75) is 53.1 Å². The lowest BCUT2D eigenvalue weighted by Gasteiger charge is -2.14. The van der Waals surface area contributed by atoms with Gasteiger partial charge in [-0.1, -0.05) is 19.8 Å². The zero-order valence-corrected chi connectivity index (χ0v) is 9.50.